The Morgan fingerprint density at radius 1 is 1.08 bits per heavy atom. The Morgan fingerprint density at radius 2 is 1.73 bits per heavy atom. The Hall–Kier alpha value is -2.83. The molecule has 26 heavy (non-hydrogen) atoms. The van der Waals surface area contributed by atoms with Crippen molar-refractivity contribution >= 4 is 17.6 Å². The summed E-state index contributed by atoms with van der Waals surface area (Å²) in [4.78, 5) is 23.8. The monoisotopic (exact) mass is 365 g/mol. The molecule has 1 N–H and O–H groups in total. The van der Waals surface area contributed by atoms with Gasteiger partial charge in [-0.2, -0.15) is 13.2 Å². The topological polar surface area (TPSA) is 55.4 Å². The van der Waals surface area contributed by atoms with Crippen LogP contribution >= 0.6 is 0 Å². The van der Waals surface area contributed by atoms with Crippen LogP contribution in [0.25, 0.3) is 0 Å². The Balaban J connectivity index is 1.99. The summed E-state index contributed by atoms with van der Waals surface area (Å²) in [5.74, 6) is -0.927. The average molecular weight is 365 g/mol. The number of ether oxygens (including phenoxy) is 1. The number of halogens is 3. The zero-order valence-corrected chi connectivity index (χ0v) is 14.3. The first-order valence-corrected chi connectivity index (χ1v) is 7.92. The molecule has 0 aromatic heterocycles. The van der Waals surface area contributed by atoms with Crippen molar-refractivity contribution in [2.24, 2.45) is 0 Å². The van der Waals surface area contributed by atoms with Gasteiger partial charge in [0.2, 0.25) is 5.91 Å². The van der Waals surface area contributed by atoms with E-state index in [-0.39, 0.29) is 18.1 Å². The van der Waals surface area contributed by atoms with Crippen LogP contribution in [0.4, 0.5) is 18.9 Å². The molecule has 0 bridgehead atoms. The summed E-state index contributed by atoms with van der Waals surface area (Å²) < 4.78 is 43.1. The van der Waals surface area contributed by atoms with Gasteiger partial charge in [-0.1, -0.05) is 18.2 Å². The SMILES string of the molecule is CC(C)OC(=O)c1ccc(NC(=O)Cc2cccc(C(F)(F)F)c2)cc1. The smallest absolute Gasteiger partial charge is 0.416 e. The summed E-state index contributed by atoms with van der Waals surface area (Å²) in [5.41, 5.74) is 0.239. The lowest BCUT2D eigenvalue weighted by Crippen LogP contribution is -2.15. The molecule has 0 atom stereocenters. The first-order valence-electron chi connectivity index (χ1n) is 7.92. The van der Waals surface area contributed by atoms with Crippen molar-refractivity contribution in [3.8, 4) is 0 Å². The number of hydrogen-bond acceptors (Lipinski definition) is 3. The van der Waals surface area contributed by atoms with Gasteiger partial charge in [-0.05, 0) is 49.7 Å². The van der Waals surface area contributed by atoms with Gasteiger partial charge in [-0.3, -0.25) is 4.79 Å². The third-order valence-electron chi connectivity index (χ3n) is 3.37. The second-order valence-corrected chi connectivity index (χ2v) is 5.95. The molecule has 7 heteroatoms. The summed E-state index contributed by atoms with van der Waals surface area (Å²) in [5, 5.41) is 2.58. The summed E-state index contributed by atoms with van der Waals surface area (Å²) in [6.45, 7) is 3.47. The van der Waals surface area contributed by atoms with E-state index in [0.29, 0.717) is 11.3 Å². The molecule has 1 amide bonds. The van der Waals surface area contributed by atoms with Crippen LogP contribution in [0.1, 0.15) is 35.3 Å². The average Bonchev–Trinajstić information content (AvgIpc) is 2.54. The van der Waals surface area contributed by atoms with E-state index < -0.39 is 23.6 Å². The normalized spacial score (nSPS) is 11.3. The van der Waals surface area contributed by atoms with Gasteiger partial charge < -0.3 is 10.1 Å². The van der Waals surface area contributed by atoms with Crippen LogP contribution in [0.15, 0.2) is 48.5 Å². The van der Waals surface area contributed by atoms with Crippen LogP contribution in [0.2, 0.25) is 0 Å². The molecule has 0 spiro atoms. The van der Waals surface area contributed by atoms with E-state index in [1.165, 1.54) is 36.4 Å². The molecule has 0 fully saturated rings. The molecule has 0 aliphatic carbocycles. The predicted molar refractivity (Wildman–Crippen MR) is 90.8 cm³/mol. The molecule has 2 aromatic carbocycles. The molecule has 4 nitrogen and oxygen atoms in total. The molecule has 0 saturated heterocycles. The van der Waals surface area contributed by atoms with Gasteiger partial charge in [-0.15, -0.1) is 0 Å². The minimum Gasteiger partial charge on any atom is -0.459 e. The summed E-state index contributed by atoms with van der Waals surface area (Å²) in [7, 11) is 0. The Bertz CT molecular complexity index is 783. The van der Waals surface area contributed by atoms with E-state index in [9.17, 15) is 22.8 Å². The molecular formula is C19H18F3NO3. The van der Waals surface area contributed by atoms with Gasteiger partial charge in [0.1, 0.15) is 0 Å². The largest absolute Gasteiger partial charge is 0.459 e. The Labute approximate surface area is 149 Å². The number of amides is 1. The molecule has 0 heterocycles. The summed E-state index contributed by atoms with van der Waals surface area (Å²) >= 11 is 0. The van der Waals surface area contributed by atoms with Crippen molar-refractivity contribution in [2.75, 3.05) is 5.32 Å². The number of alkyl halides is 3. The van der Waals surface area contributed by atoms with Crippen LogP contribution < -0.4 is 5.32 Å². The predicted octanol–water partition coefficient (Wildman–Crippen LogP) is 4.45. The van der Waals surface area contributed by atoms with Crippen LogP contribution in [-0.4, -0.2) is 18.0 Å². The summed E-state index contributed by atoms with van der Waals surface area (Å²) in [6.07, 6.45) is -4.89. The number of benzene rings is 2. The molecule has 0 aliphatic heterocycles. The third kappa shape index (κ3) is 5.61. The van der Waals surface area contributed by atoms with Gasteiger partial charge in [0.15, 0.2) is 0 Å². The van der Waals surface area contributed by atoms with Crippen LogP contribution in [0.5, 0.6) is 0 Å². The lowest BCUT2D eigenvalue weighted by Gasteiger charge is -2.10. The number of carbonyl (C=O) groups is 2. The van der Waals surface area contributed by atoms with Crippen molar-refractivity contribution in [3.05, 3.63) is 65.2 Å². The van der Waals surface area contributed by atoms with E-state index >= 15 is 0 Å². The highest BCUT2D eigenvalue weighted by Gasteiger charge is 2.30. The van der Waals surface area contributed by atoms with E-state index in [1.54, 1.807) is 13.8 Å². The van der Waals surface area contributed by atoms with Crippen molar-refractivity contribution in [2.45, 2.75) is 32.5 Å². The molecule has 2 rings (SSSR count). The van der Waals surface area contributed by atoms with Gasteiger partial charge in [-0.25, -0.2) is 4.79 Å². The molecule has 2 aromatic rings. The zero-order chi connectivity index (χ0) is 19.3. The van der Waals surface area contributed by atoms with Gasteiger partial charge in [0.25, 0.3) is 0 Å². The van der Waals surface area contributed by atoms with E-state index in [1.807, 2.05) is 0 Å². The second-order valence-electron chi connectivity index (χ2n) is 5.95. The fourth-order valence-corrected chi connectivity index (χ4v) is 2.22. The fraction of sp³-hybridized carbons (Fsp3) is 0.263. The number of anilines is 1. The standard InChI is InChI=1S/C19H18F3NO3/c1-12(2)26-18(25)14-6-8-16(9-7-14)23-17(24)11-13-4-3-5-15(10-13)19(20,21)22/h3-10,12H,11H2,1-2H3,(H,23,24). The van der Waals surface area contributed by atoms with E-state index in [4.69, 9.17) is 4.74 Å². The van der Waals surface area contributed by atoms with E-state index in [2.05, 4.69) is 5.32 Å². The first kappa shape index (κ1) is 19.5. The zero-order valence-electron chi connectivity index (χ0n) is 14.3. The lowest BCUT2D eigenvalue weighted by atomic mass is 10.1. The van der Waals surface area contributed by atoms with Crippen molar-refractivity contribution < 1.29 is 27.5 Å². The van der Waals surface area contributed by atoms with Crippen molar-refractivity contribution in [1.82, 2.24) is 0 Å². The Morgan fingerprint density at radius 3 is 2.31 bits per heavy atom. The van der Waals surface area contributed by atoms with Crippen molar-refractivity contribution in [1.29, 1.82) is 0 Å². The highest BCUT2D eigenvalue weighted by atomic mass is 19.4. The van der Waals surface area contributed by atoms with Gasteiger partial charge >= 0.3 is 12.1 Å². The molecular weight excluding hydrogens is 347 g/mol. The fourth-order valence-electron chi connectivity index (χ4n) is 2.22. The quantitative estimate of drug-likeness (QED) is 0.797. The maximum absolute atomic E-state index is 12.7. The number of nitrogens with one attached hydrogen (secondary N) is 1. The molecule has 138 valence electrons. The third-order valence-corrected chi connectivity index (χ3v) is 3.37. The first-order chi connectivity index (χ1) is 12.1. The van der Waals surface area contributed by atoms with Crippen molar-refractivity contribution in [3.63, 3.8) is 0 Å². The lowest BCUT2D eigenvalue weighted by molar-refractivity contribution is -0.137. The number of carbonyl (C=O) groups excluding carboxylic acids is 2. The maximum Gasteiger partial charge on any atom is 0.416 e. The minimum absolute atomic E-state index is 0.193. The van der Waals surface area contributed by atoms with E-state index in [0.717, 1.165) is 12.1 Å². The highest BCUT2D eigenvalue weighted by molar-refractivity contribution is 5.94. The molecule has 0 aliphatic rings. The number of hydrogen-bond donors (Lipinski definition) is 1. The number of esters is 1. The van der Waals surface area contributed by atoms with Crippen LogP contribution in [0, 0.1) is 0 Å². The summed E-state index contributed by atoms with van der Waals surface area (Å²) in [6, 6.07) is 10.7. The molecule has 0 radical (unpaired) electrons. The molecule has 0 unspecified atom stereocenters. The maximum atomic E-state index is 12.7. The highest BCUT2D eigenvalue weighted by Crippen LogP contribution is 2.29. The van der Waals surface area contributed by atoms with Gasteiger partial charge in [0, 0.05) is 5.69 Å². The second kappa shape index (κ2) is 8.03. The minimum atomic E-state index is -4.45. The molecule has 0 saturated carbocycles. The van der Waals surface area contributed by atoms with Gasteiger partial charge in [0.05, 0.1) is 23.7 Å². The van der Waals surface area contributed by atoms with Crippen LogP contribution in [0.3, 0.4) is 0 Å². The number of rotatable bonds is 5. The van der Waals surface area contributed by atoms with Crippen LogP contribution in [-0.2, 0) is 22.1 Å². The Kier molecular flexibility index (Phi) is 6.02.